The van der Waals surface area contributed by atoms with Crippen molar-refractivity contribution in [3.05, 3.63) is 16.1 Å². The lowest BCUT2D eigenvalue weighted by atomic mass is 10.0. The zero-order valence-corrected chi connectivity index (χ0v) is 15.7. The first-order valence-electron chi connectivity index (χ1n) is 8.53. The Bertz CT molecular complexity index is 572. The first-order valence-corrected chi connectivity index (χ1v) is 9.41. The molecule has 2 atom stereocenters. The minimum Gasteiger partial charge on any atom is -0.355 e. The van der Waals surface area contributed by atoms with Crippen molar-refractivity contribution < 1.29 is 13.2 Å². The largest absolute Gasteiger partial charge is 0.434 e. The molecule has 1 fully saturated rings. The monoisotopic (exact) mass is 377 g/mol. The van der Waals surface area contributed by atoms with E-state index >= 15 is 0 Å². The highest BCUT2D eigenvalue weighted by Gasteiger charge is 2.33. The second-order valence-electron chi connectivity index (χ2n) is 6.36. The van der Waals surface area contributed by atoms with Gasteiger partial charge < -0.3 is 10.6 Å². The molecule has 2 heterocycles. The number of hydrogen-bond acceptors (Lipinski definition) is 4. The van der Waals surface area contributed by atoms with Crippen molar-refractivity contribution in [1.29, 1.82) is 0 Å². The third-order valence-corrected chi connectivity index (χ3v) is 5.31. The molecule has 1 aliphatic heterocycles. The Balaban J connectivity index is 1.79. The van der Waals surface area contributed by atoms with Crippen molar-refractivity contribution in [2.75, 3.05) is 20.1 Å². The van der Waals surface area contributed by atoms with Gasteiger partial charge >= 0.3 is 6.18 Å². The lowest BCUT2D eigenvalue weighted by Gasteiger charge is -2.38. The topological polar surface area (TPSA) is 52.6 Å². The maximum absolute atomic E-state index is 12.6. The van der Waals surface area contributed by atoms with E-state index in [0.717, 1.165) is 29.8 Å². The normalized spacial score (nSPS) is 21.2. The van der Waals surface area contributed by atoms with Crippen molar-refractivity contribution >= 4 is 17.3 Å². The van der Waals surface area contributed by atoms with Crippen LogP contribution in [0.2, 0.25) is 0 Å². The molecule has 0 amide bonds. The van der Waals surface area contributed by atoms with Crippen LogP contribution < -0.4 is 10.6 Å². The highest BCUT2D eigenvalue weighted by Crippen LogP contribution is 2.29. The Kier molecular flexibility index (Phi) is 7.06. The van der Waals surface area contributed by atoms with Gasteiger partial charge in [0.15, 0.2) is 11.7 Å². The predicted octanol–water partition coefficient (Wildman–Crippen LogP) is 3.09. The smallest absolute Gasteiger partial charge is 0.355 e. The minimum atomic E-state index is -4.39. The van der Waals surface area contributed by atoms with E-state index in [1.165, 1.54) is 19.3 Å². The highest BCUT2D eigenvalue weighted by molar-refractivity contribution is 7.09. The molecule has 0 saturated carbocycles. The number of rotatable bonds is 5. The maximum atomic E-state index is 12.6. The quantitative estimate of drug-likeness (QED) is 0.612. The van der Waals surface area contributed by atoms with Crippen LogP contribution in [0.25, 0.3) is 0 Å². The molecule has 25 heavy (non-hydrogen) atoms. The summed E-state index contributed by atoms with van der Waals surface area (Å²) < 4.78 is 37.7. The Morgan fingerprint density at radius 3 is 2.80 bits per heavy atom. The number of nitrogens with zero attached hydrogens (tertiary/aromatic N) is 3. The van der Waals surface area contributed by atoms with Crippen LogP contribution in [-0.4, -0.2) is 48.1 Å². The number of aliphatic imine (C=N–C) groups is 1. The van der Waals surface area contributed by atoms with Crippen molar-refractivity contribution in [2.45, 2.75) is 57.9 Å². The highest BCUT2D eigenvalue weighted by atomic mass is 32.1. The van der Waals surface area contributed by atoms with E-state index in [4.69, 9.17) is 0 Å². The van der Waals surface area contributed by atoms with Crippen LogP contribution in [0.5, 0.6) is 0 Å². The maximum Gasteiger partial charge on any atom is 0.434 e. The van der Waals surface area contributed by atoms with Crippen LogP contribution >= 0.6 is 11.3 Å². The van der Waals surface area contributed by atoms with Gasteiger partial charge in [0.1, 0.15) is 5.01 Å². The fraction of sp³-hybridized carbons (Fsp3) is 0.750. The molecule has 2 N–H and O–H groups in total. The average molecular weight is 377 g/mol. The number of piperidine rings is 1. The van der Waals surface area contributed by atoms with E-state index in [-0.39, 0.29) is 6.54 Å². The van der Waals surface area contributed by atoms with Crippen LogP contribution in [0.3, 0.4) is 0 Å². The van der Waals surface area contributed by atoms with Crippen LogP contribution in [0.1, 0.15) is 43.8 Å². The van der Waals surface area contributed by atoms with Gasteiger partial charge in [-0.15, -0.1) is 11.3 Å². The summed E-state index contributed by atoms with van der Waals surface area (Å²) in [7, 11) is 1.65. The summed E-state index contributed by atoms with van der Waals surface area (Å²) in [6.45, 7) is 6.49. The standard InChI is InChI=1S/C16H26F3N5S/c1-11-6-4-5-7-24(11)12(2)8-21-15(20-3)22-9-14-23-13(10-25-14)16(17,18)19/h10-12H,4-9H2,1-3H3,(H2,20,21,22). The van der Waals surface area contributed by atoms with Gasteiger partial charge in [-0.25, -0.2) is 4.98 Å². The first kappa shape index (κ1) is 20.0. The van der Waals surface area contributed by atoms with Gasteiger partial charge in [0.2, 0.25) is 0 Å². The molecular formula is C16H26F3N5S. The molecule has 0 bridgehead atoms. The molecule has 0 aliphatic carbocycles. The van der Waals surface area contributed by atoms with Gasteiger partial charge in [-0.2, -0.15) is 13.2 Å². The Labute approximate surface area is 150 Å². The van der Waals surface area contributed by atoms with Gasteiger partial charge in [-0.05, 0) is 33.2 Å². The van der Waals surface area contributed by atoms with Crippen LogP contribution in [0, 0.1) is 0 Å². The summed E-state index contributed by atoms with van der Waals surface area (Å²) in [6, 6.07) is 0.946. The molecule has 0 radical (unpaired) electrons. The summed E-state index contributed by atoms with van der Waals surface area (Å²) >= 11 is 0.992. The van der Waals surface area contributed by atoms with Gasteiger partial charge in [0, 0.05) is 31.1 Å². The zero-order valence-electron chi connectivity index (χ0n) is 14.9. The van der Waals surface area contributed by atoms with E-state index in [9.17, 15) is 13.2 Å². The molecule has 1 aromatic heterocycles. The number of hydrogen-bond donors (Lipinski definition) is 2. The minimum absolute atomic E-state index is 0.217. The predicted molar refractivity (Wildman–Crippen MR) is 94.8 cm³/mol. The number of aromatic nitrogens is 1. The van der Waals surface area contributed by atoms with Crippen molar-refractivity contribution in [3.63, 3.8) is 0 Å². The van der Waals surface area contributed by atoms with E-state index in [1.54, 1.807) is 7.05 Å². The van der Waals surface area contributed by atoms with E-state index in [0.29, 0.717) is 23.1 Å². The first-order chi connectivity index (χ1) is 11.8. The molecule has 9 heteroatoms. The number of nitrogens with one attached hydrogen (secondary N) is 2. The van der Waals surface area contributed by atoms with E-state index in [2.05, 4.69) is 39.4 Å². The van der Waals surface area contributed by atoms with Crippen LogP contribution in [0.15, 0.2) is 10.4 Å². The lowest BCUT2D eigenvalue weighted by molar-refractivity contribution is -0.140. The number of halogens is 3. The van der Waals surface area contributed by atoms with Crippen molar-refractivity contribution in [2.24, 2.45) is 4.99 Å². The van der Waals surface area contributed by atoms with Gasteiger partial charge in [0.05, 0.1) is 6.54 Å². The third kappa shape index (κ3) is 5.85. The molecule has 2 unspecified atom stereocenters. The molecule has 0 spiro atoms. The van der Waals surface area contributed by atoms with Gasteiger partial charge in [0.25, 0.3) is 0 Å². The van der Waals surface area contributed by atoms with Crippen molar-refractivity contribution in [3.8, 4) is 0 Å². The van der Waals surface area contributed by atoms with Crippen LogP contribution in [0.4, 0.5) is 13.2 Å². The second-order valence-corrected chi connectivity index (χ2v) is 7.31. The summed E-state index contributed by atoms with van der Waals surface area (Å²) in [5.74, 6) is 0.570. The number of alkyl halides is 3. The lowest BCUT2D eigenvalue weighted by Crippen LogP contribution is -2.50. The summed E-state index contributed by atoms with van der Waals surface area (Å²) in [5, 5.41) is 7.68. The molecule has 2 rings (SSSR count). The molecule has 1 aliphatic rings. The number of thiazole rings is 1. The Morgan fingerprint density at radius 2 is 2.20 bits per heavy atom. The fourth-order valence-corrected chi connectivity index (χ4v) is 3.78. The van der Waals surface area contributed by atoms with Gasteiger partial charge in [-0.1, -0.05) is 6.42 Å². The average Bonchev–Trinajstić information content (AvgIpc) is 3.04. The number of guanidine groups is 1. The zero-order chi connectivity index (χ0) is 18.4. The molecular weight excluding hydrogens is 351 g/mol. The molecule has 142 valence electrons. The third-order valence-electron chi connectivity index (χ3n) is 4.46. The van der Waals surface area contributed by atoms with Crippen molar-refractivity contribution in [1.82, 2.24) is 20.5 Å². The SMILES string of the molecule is CN=C(NCc1nc(C(F)(F)F)cs1)NCC(C)N1CCCCC1C. The Hall–Kier alpha value is -1.35. The van der Waals surface area contributed by atoms with Gasteiger partial charge in [-0.3, -0.25) is 9.89 Å². The number of likely N-dealkylation sites (tertiary alicyclic amines) is 1. The van der Waals surface area contributed by atoms with E-state index < -0.39 is 11.9 Å². The second kappa shape index (κ2) is 8.84. The summed E-state index contributed by atoms with van der Waals surface area (Å²) in [4.78, 5) is 10.2. The van der Waals surface area contributed by atoms with E-state index in [1.807, 2.05) is 0 Å². The Morgan fingerprint density at radius 1 is 1.44 bits per heavy atom. The summed E-state index contributed by atoms with van der Waals surface area (Å²) in [5.41, 5.74) is -0.843. The fourth-order valence-electron chi connectivity index (χ4n) is 3.04. The summed E-state index contributed by atoms with van der Waals surface area (Å²) in [6.07, 6.45) is -0.653. The molecule has 5 nitrogen and oxygen atoms in total. The molecule has 1 aromatic rings. The molecule has 0 aromatic carbocycles. The van der Waals surface area contributed by atoms with Crippen LogP contribution in [-0.2, 0) is 12.7 Å². The molecule has 1 saturated heterocycles.